The first-order valence-electron chi connectivity index (χ1n) is 6.82. The third kappa shape index (κ3) is 2.97. The van der Waals surface area contributed by atoms with Gasteiger partial charge in [-0.15, -0.1) is 11.3 Å². The Bertz CT molecular complexity index is 529. The summed E-state index contributed by atoms with van der Waals surface area (Å²) in [5, 5.41) is 3.46. The van der Waals surface area contributed by atoms with E-state index in [4.69, 9.17) is 0 Å². The highest BCUT2D eigenvalue weighted by atomic mass is 32.2. The van der Waals surface area contributed by atoms with Gasteiger partial charge in [0.2, 0.25) is 5.91 Å². The molecule has 1 aliphatic rings. The summed E-state index contributed by atoms with van der Waals surface area (Å²) in [7, 11) is -0.888. The summed E-state index contributed by atoms with van der Waals surface area (Å²) in [6.07, 6.45) is 2.34. The van der Waals surface area contributed by atoms with Gasteiger partial charge < -0.3 is 4.90 Å². The van der Waals surface area contributed by atoms with Crippen LogP contribution in [0.1, 0.15) is 36.2 Å². The molecule has 2 rings (SSSR count). The second-order valence-electron chi connectivity index (χ2n) is 5.46. The Balaban J connectivity index is 2.27. The number of nitrogens with zero attached hydrogens (tertiary/aromatic N) is 1. The Labute approximate surface area is 127 Å². The summed E-state index contributed by atoms with van der Waals surface area (Å²) in [4.78, 5) is 16.9. The summed E-state index contributed by atoms with van der Waals surface area (Å²) in [5.41, 5.74) is -0.516. The monoisotopic (exact) mass is 314 g/mol. The lowest BCUT2D eigenvalue weighted by Crippen LogP contribution is -2.43. The van der Waals surface area contributed by atoms with E-state index < -0.39 is 16.3 Å². The van der Waals surface area contributed by atoms with Crippen LogP contribution in [0.2, 0.25) is 0 Å². The first kappa shape index (κ1) is 15.7. The Morgan fingerprint density at radius 3 is 2.70 bits per heavy atom. The molecule has 1 saturated heterocycles. The highest BCUT2D eigenvalue weighted by Crippen LogP contribution is 2.35. The van der Waals surface area contributed by atoms with Gasteiger partial charge in [0.25, 0.3) is 0 Å². The van der Waals surface area contributed by atoms with Crippen LogP contribution in [-0.4, -0.2) is 39.1 Å². The van der Waals surface area contributed by atoms with E-state index in [0.29, 0.717) is 12.3 Å². The van der Waals surface area contributed by atoms with Crippen molar-refractivity contribution < 1.29 is 9.00 Å². The maximum Gasteiger partial charge on any atom is 0.244 e. The summed E-state index contributed by atoms with van der Waals surface area (Å²) in [6.45, 7) is 6.57. The van der Waals surface area contributed by atoms with Crippen LogP contribution in [0.25, 0.3) is 0 Å². The van der Waals surface area contributed by atoms with Crippen LogP contribution in [0.5, 0.6) is 0 Å². The molecule has 6 heteroatoms. The first-order chi connectivity index (χ1) is 9.37. The molecule has 0 aliphatic carbocycles. The zero-order valence-electron chi connectivity index (χ0n) is 12.4. The number of thiophene rings is 1. The molecule has 0 bridgehead atoms. The molecule has 3 atom stereocenters. The van der Waals surface area contributed by atoms with E-state index in [0.717, 1.165) is 11.3 Å². The van der Waals surface area contributed by atoms with E-state index in [-0.39, 0.29) is 12.1 Å². The predicted octanol–water partition coefficient (Wildman–Crippen LogP) is 2.03. The SMILES string of the molecule is CCC1(C)NC(c2ccc(C)s2)N(CCS(C)=O)C1=O. The molecule has 1 aromatic rings. The molecule has 3 unspecified atom stereocenters. The van der Waals surface area contributed by atoms with Crippen molar-refractivity contribution in [3.8, 4) is 0 Å². The number of aryl methyl sites for hydroxylation is 1. The molecular formula is C14H22N2O2S2. The van der Waals surface area contributed by atoms with Gasteiger partial charge >= 0.3 is 0 Å². The second-order valence-corrected chi connectivity index (χ2v) is 8.33. The van der Waals surface area contributed by atoms with E-state index in [9.17, 15) is 9.00 Å². The lowest BCUT2D eigenvalue weighted by atomic mass is 9.99. The molecular weight excluding hydrogens is 292 g/mol. The Morgan fingerprint density at radius 1 is 1.50 bits per heavy atom. The molecule has 0 saturated carbocycles. The van der Waals surface area contributed by atoms with E-state index in [1.807, 2.05) is 18.7 Å². The third-order valence-corrected chi connectivity index (χ3v) is 5.67. The lowest BCUT2D eigenvalue weighted by molar-refractivity contribution is -0.132. The molecule has 1 amide bonds. The highest BCUT2D eigenvalue weighted by Gasteiger charge is 2.47. The smallest absolute Gasteiger partial charge is 0.244 e. The molecule has 20 heavy (non-hydrogen) atoms. The summed E-state index contributed by atoms with van der Waals surface area (Å²) in [6, 6.07) is 4.15. The molecule has 1 aromatic heterocycles. The van der Waals surface area contributed by atoms with Gasteiger partial charge in [-0.25, -0.2) is 0 Å². The van der Waals surface area contributed by atoms with E-state index in [1.54, 1.807) is 17.6 Å². The topological polar surface area (TPSA) is 49.4 Å². The fraction of sp³-hybridized carbons (Fsp3) is 0.643. The molecule has 2 heterocycles. The minimum atomic E-state index is -0.888. The van der Waals surface area contributed by atoms with Gasteiger partial charge in [-0.05, 0) is 32.4 Å². The van der Waals surface area contributed by atoms with Gasteiger partial charge in [-0.2, -0.15) is 0 Å². The molecule has 0 aromatic carbocycles. The first-order valence-corrected chi connectivity index (χ1v) is 9.37. The van der Waals surface area contributed by atoms with Gasteiger partial charge in [-0.3, -0.25) is 14.3 Å². The van der Waals surface area contributed by atoms with Crippen LogP contribution in [0.3, 0.4) is 0 Å². The molecule has 112 valence electrons. The number of amides is 1. The summed E-state index contributed by atoms with van der Waals surface area (Å²) in [5.74, 6) is 0.634. The van der Waals surface area contributed by atoms with Gasteiger partial charge in [0.1, 0.15) is 6.17 Å². The Kier molecular flexibility index (Phi) is 4.66. The van der Waals surface area contributed by atoms with Gasteiger partial charge in [0.05, 0.1) is 5.54 Å². The predicted molar refractivity (Wildman–Crippen MR) is 84.3 cm³/mol. The molecule has 1 aliphatic heterocycles. The third-order valence-electron chi connectivity index (χ3n) is 3.86. The van der Waals surface area contributed by atoms with Crippen LogP contribution < -0.4 is 5.32 Å². The standard InChI is InChI=1S/C14H22N2O2S2/c1-5-14(3)13(17)16(8-9-20(4)18)12(15-14)11-7-6-10(2)19-11/h6-7,12,15H,5,8-9H2,1-4H3. The minimum absolute atomic E-state index is 0.0882. The largest absolute Gasteiger partial charge is 0.320 e. The number of carbonyl (C=O) groups excluding carboxylic acids is 1. The molecule has 4 nitrogen and oxygen atoms in total. The minimum Gasteiger partial charge on any atom is -0.320 e. The zero-order valence-corrected chi connectivity index (χ0v) is 14.1. The maximum atomic E-state index is 12.6. The number of carbonyl (C=O) groups is 1. The molecule has 0 radical (unpaired) electrons. The Hall–Kier alpha value is -0.720. The van der Waals surface area contributed by atoms with Gasteiger partial charge in [-0.1, -0.05) is 6.92 Å². The summed E-state index contributed by atoms with van der Waals surface area (Å²) >= 11 is 1.70. The van der Waals surface area contributed by atoms with Crippen molar-refractivity contribution in [1.29, 1.82) is 0 Å². The van der Waals surface area contributed by atoms with Crippen molar-refractivity contribution in [3.05, 3.63) is 21.9 Å². The molecule has 1 N–H and O–H groups in total. The average molecular weight is 314 g/mol. The van der Waals surface area contributed by atoms with Crippen LogP contribution in [0.4, 0.5) is 0 Å². The van der Waals surface area contributed by atoms with Crippen LogP contribution in [0, 0.1) is 6.92 Å². The van der Waals surface area contributed by atoms with Crippen molar-refractivity contribution >= 4 is 28.0 Å². The quantitative estimate of drug-likeness (QED) is 0.905. The van der Waals surface area contributed by atoms with Crippen LogP contribution in [0.15, 0.2) is 12.1 Å². The van der Waals surface area contributed by atoms with Crippen LogP contribution >= 0.6 is 11.3 Å². The summed E-state index contributed by atoms with van der Waals surface area (Å²) < 4.78 is 11.3. The van der Waals surface area contributed by atoms with E-state index in [2.05, 4.69) is 24.4 Å². The van der Waals surface area contributed by atoms with Crippen molar-refractivity contribution in [2.75, 3.05) is 18.6 Å². The number of rotatable bonds is 5. The van der Waals surface area contributed by atoms with Gasteiger partial charge in [0.15, 0.2) is 0 Å². The Morgan fingerprint density at radius 2 is 2.20 bits per heavy atom. The van der Waals surface area contributed by atoms with Crippen molar-refractivity contribution in [2.45, 2.75) is 38.9 Å². The molecule has 0 spiro atoms. The fourth-order valence-corrected chi connectivity index (χ4v) is 3.81. The van der Waals surface area contributed by atoms with E-state index >= 15 is 0 Å². The second kappa shape index (κ2) is 5.95. The van der Waals surface area contributed by atoms with E-state index in [1.165, 1.54) is 4.88 Å². The lowest BCUT2D eigenvalue weighted by Gasteiger charge is -2.22. The fourth-order valence-electron chi connectivity index (χ4n) is 2.41. The number of nitrogens with one attached hydrogen (secondary N) is 1. The molecule has 1 fully saturated rings. The maximum absolute atomic E-state index is 12.6. The average Bonchev–Trinajstić information content (AvgIpc) is 2.92. The van der Waals surface area contributed by atoms with Crippen LogP contribution in [-0.2, 0) is 15.6 Å². The van der Waals surface area contributed by atoms with Crippen molar-refractivity contribution in [3.63, 3.8) is 0 Å². The van der Waals surface area contributed by atoms with Crippen molar-refractivity contribution in [1.82, 2.24) is 10.2 Å². The highest BCUT2D eigenvalue weighted by molar-refractivity contribution is 7.84. The van der Waals surface area contributed by atoms with Gasteiger partial charge in [0, 0.05) is 39.1 Å². The zero-order chi connectivity index (χ0) is 14.9. The number of hydrogen-bond donors (Lipinski definition) is 1. The van der Waals surface area contributed by atoms with Crippen molar-refractivity contribution in [2.24, 2.45) is 0 Å². The number of hydrogen-bond acceptors (Lipinski definition) is 4. The normalized spacial score (nSPS) is 28.1.